The monoisotopic (exact) mass is 498 g/mol. The molecule has 34 heavy (non-hydrogen) atoms. The van der Waals surface area contributed by atoms with Crippen LogP contribution in [0.4, 0.5) is 5.69 Å². The van der Waals surface area contributed by atoms with E-state index in [0.29, 0.717) is 40.0 Å². The zero-order valence-electron chi connectivity index (χ0n) is 18.7. The van der Waals surface area contributed by atoms with Gasteiger partial charge in [-0.25, -0.2) is 18.4 Å². The van der Waals surface area contributed by atoms with Crippen molar-refractivity contribution in [3.8, 4) is 17.2 Å². The quantitative estimate of drug-likeness (QED) is 0.374. The number of anilines is 1. The van der Waals surface area contributed by atoms with Crippen LogP contribution in [-0.4, -0.2) is 31.4 Å². The molecule has 9 nitrogen and oxygen atoms in total. The van der Waals surface area contributed by atoms with E-state index in [1.54, 1.807) is 48.7 Å². The van der Waals surface area contributed by atoms with Crippen molar-refractivity contribution in [3.05, 3.63) is 76.1 Å². The lowest BCUT2D eigenvalue weighted by molar-refractivity contribution is 0.0946. The molecule has 4 rings (SSSR count). The van der Waals surface area contributed by atoms with Gasteiger partial charge in [0.25, 0.3) is 15.9 Å². The number of methoxy groups -OCH3 is 1. The maximum Gasteiger partial charge on any atom is 0.271 e. The number of carbonyl (C=O) groups is 1. The third kappa shape index (κ3) is 5.26. The van der Waals surface area contributed by atoms with Crippen LogP contribution in [-0.2, 0) is 16.6 Å². The number of nitrogens with one attached hydrogen (secondary N) is 2. The Morgan fingerprint density at radius 3 is 2.56 bits per heavy atom. The van der Waals surface area contributed by atoms with Crippen LogP contribution < -0.4 is 14.8 Å². The van der Waals surface area contributed by atoms with E-state index >= 15 is 0 Å². The van der Waals surface area contributed by atoms with Crippen molar-refractivity contribution in [1.29, 1.82) is 0 Å². The Labute approximate surface area is 200 Å². The second-order valence-corrected chi connectivity index (χ2v) is 10.1. The van der Waals surface area contributed by atoms with Crippen LogP contribution in [0.15, 0.2) is 63.2 Å². The zero-order chi connectivity index (χ0) is 24.3. The second kappa shape index (κ2) is 9.65. The maximum atomic E-state index is 12.7. The Morgan fingerprint density at radius 1 is 1.12 bits per heavy atom. The van der Waals surface area contributed by atoms with Crippen LogP contribution in [0, 0.1) is 13.8 Å². The minimum absolute atomic E-state index is 0.110. The summed E-state index contributed by atoms with van der Waals surface area (Å²) < 4.78 is 38.9. The molecule has 0 fully saturated rings. The third-order valence-corrected chi connectivity index (χ3v) is 7.06. The molecule has 176 valence electrons. The van der Waals surface area contributed by atoms with Gasteiger partial charge in [0.15, 0.2) is 0 Å². The molecule has 0 aliphatic rings. The smallest absolute Gasteiger partial charge is 0.271 e. The summed E-state index contributed by atoms with van der Waals surface area (Å²) >= 11 is 1.40. The topological polar surface area (TPSA) is 123 Å². The van der Waals surface area contributed by atoms with Gasteiger partial charge in [-0.05, 0) is 56.3 Å². The summed E-state index contributed by atoms with van der Waals surface area (Å²) in [5.41, 5.74) is 1.88. The van der Waals surface area contributed by atoms with Gasteiger partial charge in [-0.2, -0.15) is 0 Å². The molecule has 0 aliphatic heterocycles. The number of hydrogen-bond donors (Lipinski definition) is 2. The van der Waals surface area contributed by atoms with Gasteiger partial charge in [0.1, 0.15) is 22.9 Å². The highest BCUT2D eigenvalue weighted by atomic mass is 32.2. The number of aryl methyl sites for hydroxylation is 2. The van der Waals surface area contributed by atoms with Crippen LogP contribution >= 0.6 is 11.3 Å². The number of nitrogens with zero attached hydrogens (tertiary/aromatic N) is 2. The Hall–Kier alpha value is -3.70. The van der Waals surface area contributed by atoms with Crippen molar-refractivity contribution >= 4 is 33.0 Å². The molecule has 0 radical (unpaired) electrons. The summed E-state index contributed by atoms with van der Waals surface area (Å²) in [5.74, 6) is 1.14. The first kappa shape index (κ1) is 23.5. The van der Waals surface area contributed by atoms with E-state index in [1.807, 2.05) is 6.92 Å². The van der Waals surface area contributed by atoms with E-state index < -0.39 is 10.0 Å². The predicted octanol–water partition coefficient (Wildman–Crippen LogP) is 4.15. The second-order valence-electron chi connectivity index (χ2n) is 7.32. The summed E-state index contributed by atoms with van der Waals surface area (Å²) in [6.07, 6.45) is 0. The highest BCUT2D eigenvalue weighted by Crippen LogP contribution is 2.26. The Balaban J connectivity index is 1.48. The molecule has 2 aromatic carbocycles. The fourth-order valence-electron chi connectivity index (χ4n) is 3.12. The molecule has 2 heterocycles. The first-order chi connectivity index (χ1) is 16.2. The van der Waals surface area contributed by atoms with Crippen LogP contribution in [0.1, 0.15) is 27.0 Å². The van der Waals surface area contributed by atoms with Crippen molar-refractivity contribution in [2.45, 2.75) is 25.3 Å². The van der Waals surface area contributed by atoms with Crippen molar-refractivity contribution in [3.63, 3.8) is 0 Å². The lowest BCUT2D eigenvalue weighted by atomic mass is 10.2. The number of rotatable bonds is 8. The van der Waals surface area contributed by atoms with Crippen molar-refractivity contribution < 1.29 is 22.4 Å². The van der Waals surface area contributed by atoms with Crippen LogP contribution in [0.25, 0.3) is 11.5 Å². The van der Waals surface area contributed by atoms with Gasteiger partial charge in [0, 0.05) is 16.6 Å². The fraction of sp³-hybridized carbons (Fsp3) is 0.174. The number of aromatic nitrogens is 2. The molecular formula is C23H22N4O5S2. The number of ether oxygens (including phenoxy) is 1. The molecule has 0 unspecified atom stereocenters. The molecule has 0 saturated heterocycles. The summed E-state index contributed by atoms with van der Waals surface area (Å²) in [6, 6.07) is 12.8. The molecule has 0 saturated carbocycles. The number of sulfonamides is 1. The van der Waals surface area contributed by atoms with Gasteiger partial charge in [0.05, 0.1) is 23.6 Å². The predicted molar refractivity (Wildman–Crippen MR) is 128 cm³/mol. The van der Waals surface area contributed by atoms with E-state index in [0.717, 1.165) is 5.01 Å². The summed E-state index contributed by atoms with van der Waals surface area (Å²) in [7, 11) is -2.28. The number of amides is 1. The Morgan fingerprint density at radius 2 is 1.88 bits per heavy atom. The zero-order valence-corrected chi connectivity index (χ0v) is 20.3. The first-order valence-electron chi connectivity index (χ1n) is 10.2. The standard InChI is InChI=1S/C23H22N4O5S2/c1-14-20(12-24-22(28)21-13-33-15(2)25-21)26-23(32-14)16-5-4-6-17(11-16)27-34(29,30)19-9-7-18(31-3)8-10-19/h4-11,13,27H,12H2,1-3H3,(H,24,28). The van der Waals surface area contributed by atoms with Crippen molar-refractivity contribution in [2.75, 3.05) is 11.8 Å². The van der Waals surface area contributed by atoms with Gasteiger partial charge < -0.3 is 14.5 Å². The fourth-order valence-corrected chi connectivity index (χ4v) is 4.76. The molecule has 0 bridgehead atoms. The van der Waals surface area contributed by atoms with Gasteiger partial charge in [-0.1, -0.05) is 6.07 Å². The molecule has 0 spiro atoms. The number of benzene rings is 2. The number of hydrogen-bond acceptors (Lipinski definition) is 8. The number of oxazole rings is 1. The van der Waals surface area contributed by atoms with E-state index in [-0.39, 0.29) is 17.3 Å². The highest BCUT2D eigenvalue weighted by Gasteiger charge is 2.17. The first-order valence-corrected chi connectivity index (χ1v) is 12.6. The van der Waals surface area contributed by atoms with Gasteiger partial charge in [-0.3, -0.25) is 9.52 Å². The average molecular weight is 499 g/mol. The molecule has 2 aromatic heterocycles. The minimum Gasteiger partial charge on any atom is -0.497 e. The highest BCUT2D eigenvalue weighted by molar-refractivity contribution is 7.92. The van der Waals surface area contributed by atoms with E-state index in [4.69, 9.17) is 9.15 Å². The van der Waals surface area contributed by atoms with Crippen LogP contribution in [0.5, 0.6) is 5.75 Å². The summed E-state index contributed by atoms with van der Waals surface area (Å²) in [6.45, 7) is 3.76. The molecule has 1 amide bonds. The molecule has 11 heteroatoms. The molecule has 2 N–H and O–H groups in total. The largest absolute Gasteiger partial charge is 0.497 e. The molecular weight excluding hydrogens is 476 g/mol. The van der Waals surface area contributed by atoms with Gasteiger partial charge in [-0.15, -0.1) is 11.3 Å². The Bertz CT molecular complexity index is 1430. The maximum absolute atomic E-state index is 12.7. The lowest BCUT2D eigenvalue weighted by Gasteiger charge is -2.09. The number of thiazole rings is 1. The Kier molecular flexibility index (Phi) is 6.66. The SMILES string of the molecule is COc1ccc(S(=O)(=O)Nc2cccc(-c3nc(CNC(=O)c4csc(C)n4)c(C)o3)c2)cc1. The van der Waals surface area contributed by atoms with Crippen LogP contribution in [0.2, 0.25) is 0 Å². The number of carbonyl (C=O) groups excluding carboxylic acids is 1. The van der Waals surface area contributed by atoms with Gasteiger partial charge >= 0.3 is 0 Å². The van der Waals surface area contributed by atoms with E-state index in [2.05, 4.69) is 20.0 Å². The van der Waals surface area contributed by atoms with E-state index in [1.165, 1.54) is 30.6 Å². The summed E-state index contributed by atoms with van der Waals surface area (Å²) in [4.78, 5) is 21.0. The van der Waals surface area contributed by atoms with Crippen molar-refractivity contribution in [2.24, 2.45) is 0 Å². The van der Waals surface area contributed by atoms with Gasteiger partial charge in [0.2, 0.25) is 5.89 Å². The minimum atomic E-state index is -3.79. The molecule has 4 aromatic rings. The summed E-state index contributed by atoms with van der Waals surface area (Å²) in [5, 5.41) is 5.30. The molecule has 0 aliphatic carbocycles. The normalized spacial score (nSPS) is 11.3. The lowest BCUT2D eigenvalue weighted by Crippen LogP contribution is -2.23. The molecule has 0 atom stereocenters. The third-order valence-electron chi connectivity index (χ3n) is 4.89. The average Bonchev–Trinajstić information content (AvgIpc) is 3.43. The van der Waals surface area contributed by atoms with Crippen molar-refractivity contribution in [1.82, 2.24) is 15.3 Å². The van der Waals surface area contributed by atoms with E-state index in [9.17, 15) is 13.2 Å². The van der Waals surface area contributed by atoms with Crippen LogP contribution in [0.3, 0.4) is 0 Å².